The highest BCUT2D eigenvalue weighted by Gasteiger charge is 2.12. The summed E-state index contributed by atoms with van der Waals surface area (Å²) >= 11 is 0. The third-order valence-electron chi connectivity index (χ3n) is 5.10. The van der Waals surface area contributed by atoms with Crippen molar-refractivity contribution in [1.82, 2.24) is 5.32 Å². The average Bonchev–Trinajstić information content (AvgIpc) is 2.87. The lowest BCUT2D eigenvalue weighted by molar-refractivity contribution is 0.0997. The van der Waals surface area contributed by atoms with Crippen molar-refractivity contribution < 1.29 is 24.5 Å². The number of aliphatic hydroxyl groups excluding tert-OH is 2. The average molecular weight is 466 g/mol. The Bertz CT molecular complexity index is 1010. The summed E-state index contributed by atoms with van der Waals surface area (Å²) in [6, 6.07) is 23.2. The van der Waals surface area contributed by atoms with E-state index in [1.165, 1.54) is 0 Å². The lowest BCUT2D eigenvalue weighted by Gasteiger charge is -2.19. The zero-order valence-corrected chi connectivity index (χ0v) is 19.1. The van der Waals surface area contributed by atoms with Crippen LogP contribution in [0.15, 0.2) is 78.9 Å². The van der Waals surface area contributed by atoms with Crippen molar-refractivity contribution in [3.8, 4) is 11.5 Å². The van der Waals surface area contributed by atoms with E-state index in [-0.39, 0.29) is 25.3 Å². The molecule has 0 heterocycles. The van der Waals surface area contributed by atoms with Gasteiger partial charge in [-0.05, 0) is 48.4 Å². The van der Waals surface area contributed by atoms with Gasteiger partial charge in [0.2, 0.25) is 0 Å². The normalized spacial score (nSPS) is 12.4. The molecule has 0 bridgehead atoms. The molecular formula is C26H31N3O5. The van der Waals surface area contributed by atoms with E-state index in [9.17, 15) is 15.0 Å². The van der Waals surface area contributed by atoms with Gasteiger partial charge in [-0.2, -0.15) is 0 Å². The van der Waals surface area contributed by atoms with E-state index in [2.05, 4.69) is 16.0 Å². The van der Waals surface area contributed by atoms with E-state index >= 15 is 0 Å². The number of hydrogen-bond donors (Lipinski definition) is 5. The van der Waals surface area contributed by atoms with Crippen LogP contribution in [-0.4, -0.2) is 55.3 Å². The molecule has 0 aliphatic heterocycles. The highest BCUT2D eigenvalue weighted by atomic mass is 16.5. The van der Waals surface area contributed by atoms with Gasteiger partial charge < -0.3 is 35.6 Å². The first-order valence-corrected chi connectivity index (χ1v) is 11.1. The predicted molar refractivity (Wildman–Crippen MR) is 133 cm³/mol. The number of carbonyl (C=O) groups excluding carboxylic acids is 1. The highest BCUT2D eigenvalue weighted by molar-refractivity contribution is 6.00. The number of benzene rings is 3. The molecule has 0 saturated carbocycles. The van der Waals surface area contributed by atoms with Crippen LogP contribution in [0.25, 0.3) is 0 Å². The molecule has 0 saturated heterocycles. The van der Waals surface area contributed by atoms with Crippen LogP contribution < -0.4 is 25.4 Å². The zero-order valence-electron chi connectivity index (χ0n) is 19.1. The quantitative estimate of drug-likeness (QED) is 0.281. The van der Waals surface area contributed by atoms with Crippen LogP contribution in [0, 0.1) is 0 Å². The molecule has 8 nitrogen and oxygen atoms in total. The second-order valence-electron chi connectivity index (χ2n) is 7.75. The molecule has 0 fully saturated rings. The minimum absolute atomic E-state index is 0.0758. The van der Waals surface area contributed by atoms with Gasteiger partial charge in [-0.1, -0.05) is 42.5 Å². The summed E-state index contributed by atoms with van der Waals surface area (Å²) in [6.07, 6.45) is -0.140. The third-order valence-corrected chi connectivity index (χ3v) is 5.10. The van der Waals surface area contributed by atoms with Crippen LogP contribution in [0.1, 0.15) is 5.56 Å². The number of hydrogen-bond acceptors (Lipinski definition) is 6. The van der Waals surface area contributed by atoms with E-state index < -0.39 is 6.10 Å². The van der Waals surface area contributed by atoms with Gasteiger partial charge in [0.05, 0.1) is 19.4 Å². The second kappa shape index (κ2) is 13.2. The lowest BCUT2D eigenvalue weighted by Crippen LogP contribution is -2.41. The summed E-state index contributed by atoms with van der Waals surface area (Å²) < 4.78 is 10.8. The third kappa shape index (κ3) is 8.08. The Labute approximate surface area is 199 Å². The molecule has 8 heteroatoms. The van der Waals surface area contributed by atoms with Crippen molar-refractivity contribution in [1.29, 1.82) is 0 Å². The van der Waals surface area contributed by atoms with Crippen molar-refractivity contribution in [2.75, 3.05) is 37.5 Å². The van der Waals surface area contributed by atoms with Crippen LogP contribution >= 0.6 is 0 Å². The van der Waals surface area contributed by atoms with Crippen molar-refractivity contribution in [3.63, 3.8) is 0 Å². The van der Waals surface area contributed by atoms with Crippen molar-refractivity contribution in [2.45, 2.75) is 18.6 Å². The maximum Gasteiger partial charge on any atom is 0.323 e. The number of aliphatic hydroxyl groups is 2. The second-order valence-corrected chi connectivity index (χ2v) is 7.75. The summed E-state index contributed by atoms with van der Waals surface area (Å²) in [5.41, 5.74) is 2.20. The molecule has 34 heavy (non-hydrogen) atoms. The number of para-hydroxylation sites is 3. The zero-order chi connectivity index (χ0) is 24.2. The molecule has 0 radical (unpaired) electrons. The molecule has 2 amide bonds. The number of nitrogens with one attached hydrogen (secondary N) is 3. The van der Waals surface area contributed by atoms with E-state index in [4.69, 9.17) is 9.47 Å². The highest BCUT2D eigenvalue weighted by Crippen LogP contribution is 2.23. The summed E-state index contributed by atoms with van der Waals surface area (Å²) in [4.78, 5) is 12.3. The molecular weight excluding hydrogens is 434 g/mol. The van der Waals surface area contributed by atoms with Crippen LogP contribution in [-0.2, 0) is 6.42 Å². The Morgan fingerprint density at radius 2 is 1.65 bits per heavy atom. The van der Waals surface area contributed by atoms with Gasteiger partial charge in [-0.3, -0.25) is 0 Å². The Morgan fingerprint density at radius 1 is 0.941 bits per heavy atom. The van der Waals surface area contributed by atoms with Gasteiger partial charge in [0.25, 0.3) is 0 Å². The molecule has 0 aliphatic carbocycles. The number of urea groups is 1. The molecule has 0 aromatic heterocycles. The number of methoxy groups -OCH3 is 1. The van der Waals surface area contributed by atoms with Crippen LogP contribution in [0.3, 0.4) is 0 Å². The Kier molecular flexibility index (Phi) is 9.72. The molecule has 180 valence electrons. The largest absolute Gasteiger partial charge is 0.495 e. The molecule has 5 N–H and O–H groups in total. The fourth-order valence-corrected chi connectivity index (χ4v) is 3.31. The van der Waals surface area contributed by atoms with Gasteiger partial charge in [-0.25, -0.2) is 4.79 Å². The van der Waals surface area contributed by atoms with Gasteiger partial charge in [-0.15, -0.1) is 0 Å². The first kappa shape index (κ1) is 25.0. The standard InChI is InChI=1S/C26H31N3O5/c1-33-25-10-6-5-9-24(25)29-26(32)28-20-13-11-19(12-14-20)15-21(17-30)27-16-22(31)18-34-23-7-3-2-4-8-23/h2-14,21-22,27,30-31H,15-18H2,1H3,(H2,28,29,32)/t21-,22-/m0/s1. The number of amides is 2. The minimum Gasteiger partial charge on any atom is -0.495 e. The molecule has 3 aromatic rings. The van der Waals surface area contributed by atoms with Crippen LogP contribution in [0.4, 0.5) is 16.2 Å². The Hall–Kier alpha value is -3.59. The molecule has 3 aromatic carbocycles. The fourth-order valence-electron chi connectivity index (χ4n) is 3.31. The SMILES string of the molecule is COc1ccccc1NC(=O)Nc1ccc(C[C@@H](CO)NC[C@H](O)COc2ccccc2)cc1. The molecule has 0 unspecified atom stereocenters. The van der Waals surface area contributed by atoms with Crippen LogP contribution in [0.5, 0.6) is 11.5 Å². The summed E-state index contributed by atoms with van der Waals surface area (Å²) in [6.45, 7) is 0.376. The van der Waals surface area contributed by atoms with Gasteiger partial charge >= 0.3 is 6.03 Å². The Morgan fingerprint density at radius 3 is 2.35 bits per heavy atom. The maximum absolute atomic E-state index is 12.3. The smallest absolute Gasteiger partial charge is 0.323 e. The Balaban J connectivity index is 1.43. The monoisotopic (exact) mass is 465 g/mol. The molecule has 0 spiro atoms. The summed E-state index contributed by atoms with van der Waals surface area (Å²) in [5, 5.41) is 28.6. The predicted octanol–water partition coefficient (Wildman–Crippen LogP) is 3.27. The van der Waals surface area contributed by atoms with E-state index in [1.54, 1.807) is 31.4 Å². The van der Waals surface area contributed by atoms with E-state index in [1.807, 2.05) is 54.6 Å². The number of anilines is 2. The van der Waals surface area contributed by atoms with Gasteiger partial charge in [0, 0.05) is 18.3 Å². The maximum atomic E-state index is 12.3. The van der Waals surface area contributed by atoms with Gasteiger partial charge in [0.1, 0.15) is 24.2 Å². The van der Waals surface area contributed by atoms with Crippen molar-refractivity contribution in [3.05, 3.63) is 84.4 Å². The van der Waals surface area contributed by atoms with E-state index in [0.29, 0.717) is 35.8 Å². The summed E-state index contributed by atoms with van der Waals surface area (Å²) in [7, 11) is 1.55. The molecule has 0 aliphatic rings. The van der Waals surface area contributed by atoms with E-state index in [0.717, 1.165) is 5.56 Å². The molecule has 2 atom stereocenters. The first-order chi connectivity index (χ1) is 16.6. The van der Waals surface area contributed by atoms with Crippen molar-refractivity contribution in [2.24, 2.45) is 0 Å². The summed E-state index contributed by atoms with van der Waals surface area (Å²) in [5.74, 6) is 1.28. The number of rotatable bonds is 12. The number of carbonyl (C=O) groups is 1. The first-order valence-electron chi connectivity index (χ1n) is 11.1. The minimum atomic E-state index is -0.706. The number of ether oxygens (including phenoxy) is 2. The van der Waals surface area contributed by atoms with Gasteiger partial charge in [0.15, 0.2) is 0 Å². The molecule has 3 rings (SSSR count). The van der Waals surface area contributed by atoms with Crippen LogP contribution in [0.2, 0.25) is 0 Å². The topological polar surface area (TPSA) is 112 Å². The fraction of sp³-hybridized carbons (Fsp3) is 0.269. The van der Waals surface area contributed by atoms with Crippen molar-refractivity contribution >= 4 is 17.4 Å². The lowest BCUT2D eigenvalue weighted by atomic mass is 10.1.